The Morgan fingerprint density at radius 3 is 2.41 bits per heavy atom. The average Bonchev–Trinajstić information content (AvgIpc) is 2.78. The quantitative estimate of drug-likeness (QED) is 0.552. The predicted molar refractivity (Wildman–Crippen MR) is 114 cm³/mol. The summed E-state index contributed by atoms with van der Waals surface area (Å²) in [7, 11) is 0. The van der Waals surface area contributed by atoms with Crippen LogP contribution in [0.5, 0.6) is 5.75 Å². The molecule has 0 amide bonds. The molecule has 3 aromatic rings. The zero-order chi connectivity index (χ0) is 22.8. The lowest BCUT2D eigenvalue weighted by molar-refractivity contribution is -0.137. The number of halogens is 3. The zero-order valence-corrected chi connectivity index (χ0v) is 17.4. The summed E-state index contributed by atoms with van der Waals surface area (Å²) in [5, 5.41) is 23.4. The molecule has 0 radical (unpaired) electrons. The van der Waals surface area contributed by atoms with Crippen molar-refractivity contribution >= 4 is 10.8 Å². The maximum atomic E-state index is 12.6. The Balaban J connectivity index is 1.29. The number of nitrogens with zero attached hydrogens (tertiary/aromatic N) is 2. The van der Waals surface area contributed by atoms with Crippen LogP contribution in [0.25, 0.3) is 10.8 Å². The molecule has 2 heterocycles. The lowest BCUT2D eigenvalue weighted by Gasteiger charge is -2.39. The molecule has 0 spiro atoms. The van der Waals surface area contributed by atoms with Crippen molar-refractivity contribution in [3.05, 3.63) is 72.1 Å². The fraction of sp³-hybridized carbons (Fsp3) is 0.375. The van der Waals surface area contributed by atoms with E-state index >= 15 is 0 Å². The molecule has 32 heavy (non-hydrogen) atoms. The average molecular weight is 446 g/mol. The highest BCUT2D eigenvalue weighted by Crippen LogP contribution is 2.36. The number of pyridine rings is 1. The van der Waals surface area contributed by atoms with Gasteiger partial charge in [-0.3, -0.25) is 4.98 Å². The highest BCUT2D eigenvalue weighted by Gasteiger charge is 2.35. The minimum Gasteiger partial charge on any atom is -0.465 e. The van der Waals surface area contributed by atoms with E-state index in [4.69, 9.17) is 4.74 Å². The van der Waals surface area contributed by atoms with Crippen molar-refractivity contribution in [3.8, 4) is 5.75 Å². The third-order valence-electron chi connectivity index (χ3n) is 6.00. The van der Waals surface area contributed by atoms with Gasteiger partial charge in [-0.15, -0.1) is 0 Å². The van der Waals surface area contributed by atoms with E-state index in [1.54, 1.807) is 12.4 Å². The summed E-state index contributed by atoms with van der Waals surface area (Å²) in [6.07, 6.45) is -0.633. The third kappa shape index (κ3) is 5.03. The van der Waals surface area contributed by atoms with Crippen LogP contribution in [-0.2, 0) is 11.8 Å². The minimum absolute atomic E-state index is 0.182. The van der Waals surface area contributed by atoms with Gasteiger partial charge in [0.2, 0.25) is 0 Å². The first kappa shape index (κ1) is 22.5. The van der Waals surface area contributed by atoms with Crippen molar-refractivity contribution in [2.75, 3.05) is 19.6 Å². The zero-order valence-electron chi connectivity index (χ0n) is 17.4. The lowest BCUT2D eigenvalue weighted by atomic mass is 9.83. The van der Waals surface area contributed by atoms with Crippen LogP contribution >= 0.6 is 0 Å². The van der Waals surface area contributed by atoms with Crippen LogP contribution in [0.4, 0.5) is 13.2 Å². The number of hydrogen-bond donors (Lipinski definition) is 2. The Hall–Kier alpha value is -2.68. The first-order valence-electron chi connectivity index (χ1n) is 10.5. The molecule has 1 aliphatic rings. The molecule has 2 N–H and O–H groups in total. The summed E-state index contributed by atoms with van der Waals surface area (Å²) in [5.41, 5.74) is -0.887. The summed E-state index contributed by atoms with van der Waals surface area (Å²) in [5.74, 6) is 0.182. The van der Waals surface area contributed by atoms with E-state index in [-0.39, 0.29) is 5.75 Å². The summed E-state index contributed by atoms with van der Waals surface area (Å²) >= 11 is 0. The monoisotopic (exact) mass is 446 g/mol. The Kier molecular flexibility index (Phi) is 6.37. The molecule has 8 heteroatoms. The largest absolute Gasteiger partial charge is 0.465 e. The number of aliphatic hydroxyl groups excluding tert-OH is 1. The van der Waals surface area contributed by atoms with Gasteiger partial charge in [0.15, 0.2) is 6.29 Å². The molecule has 2 aromatic carbocycles. The van der Waals surface area contributed by atoms with Crippen LogP contribution in [0.15, 0.2) is 60.9 Å². The van der Waals surface area contributed by atoms with E-state index in [1.807, 2.05) is 24.3 Å². The van der Waals surface area contributed by atoms with E-state index in [1.165, 1.54) is 12.1 Å². The number of hydrogen-bond acceptors (Lipinski definition) is 5. The second-order valence-electron chi connectivity index (χ2n) is 8.16. The molecule has 1 unspecified atom stereocenters. The normalized spacial score (nSPS) is 17.9. The first-order valence-corrected chi connectivity index (χ1v) is 10.5. The Bertz CT molecular complexity index is 1040. The molecule has 0 aliphatic carbocycles. The molecule has 1 aromatic heterocycles. The van der Waals surface area contributed by atoms with E-state index < -0.39 is 23.6 Å². The van der Waals surface area contributed by atoms with Crippen LogP contribution in [0, 0.1) is 0 Å². The number of piperidine rings is 1. The molecule has 170 valence electrons. The molecule has 0 saturated carbocycles. The van der Waals surface area contributed by atoms with Crippen LogP contribution in [0.3, 0.4) is 0 Å². The Labute approximate surface area is 184 Å². The number of benzene rings is 2. The minimum atomic E-state index is -4.41. The molecule has 1 atom stereocenters. The molecular weight excluding hydrogens is 421 g/mol. The van der Waals surface area contributed by atoms with Gasteiger partial charge in [-0.1, -0.05) is 24.3 Å². The van der Waals surface area contributed by atoms with Gasteiger partial charge in [0.1, 0.15) is 5.75 Å². The number of alkyl halides is 3. The molecule has 5 nitrogen and oxygen atoms in total. The number of ether oxygens (including phenoxy) is 1. The molecule has 0 bridgehead atoms. The maximum absolute atomic E-state index is 12.6. The van der Waals surface area contributed by atoms with Crippen molar-refractivity contribution < 1.29 is 28.1 Å². The van der Waals surface area contributed by atoms with Crippen molar-refractivity contribution in [1.29, 1.82) is 0 Å². The fourth-order valence-corrected chi connectivity index (χ4v) is 4.13. The second-order valence-corrected chi connectivity index (χ2v) is 8.16. The number of likely N-dealkylation sites (tertiary alicyclic amines) is 1. The first-order chi connectivity index (χ1) is 15.2. The highest BCUT2D eigenvalue weighted by atomic mass is 19.4. The van der Waals surface area contributed by atoms with Crippen LogP contribution in [-0.4, -0.2) is 46.0 Å². The van der Waals surface area contributed by atoms with Crippen LogP contribution < -0.4 is 4.74 Å². The van der Waals surface area contributed by atoms with Crippen molar-refractivity contribution in [2.24, 2.45) is 0 Å². The van der Waals surface area contributed by atoms with E-state index in [0.717, 1.165) is 28.5 Å². The summed E-state index contributed by atoms with van der Waals surface area (Å²) in [6, 6.07) is 12.1. The molecule has 1 fully saturated rings. The van der Waals surface area contributed by atoms with Crippen molar-refractivity contribution in [1.82, 2.24) is 9.88 Å². The van der Waals surface area contributed by atoms with Gasteiger partial charge in [-0.05, 0) is 42.5 Å². The summed E-state index contributed by atoms with van der Waals surface area (Å²) in [4.78, 5) is 6.42. The van der Waals surface area contributed by atoms with Gasteiger partial charge in [0, 0.05) is 49.4 Å². The van der Waals surface area contributed by atoms with Gasteiger partial charge >= 0.3 is 6.18 Å². The maximum Gasteiger partial charge on any atom is 0.416 e. The summed E-state index contributed by atoms with van der Waals surface area (Å²) < 4.78 is 43.2. The Morgan fingerprint density at radius 2 is 1.72 bits per heavy atom. The number of fused-ring (bicyclic) bond motifs is 1. The van der Waals surface area contributed by atoms with Crippen LogP contribution in [0.2, 0.25) is 0 Å². The number of aliphatic hydroxyl groups is 2. The fourth-order valence-electron chi connectivity index (χ4n) is 4.13. The molecule has 1 aliphatic heterocycles. The van der Waals surface area contributed by atoms with E-state index in [2.05, 4.69) is 9.88 Å². The smallest absolute Gasteiger partial charge is 0.416 e. The van der Waals surface area contributed by atoms with Crippen LogP contribution in [0.1, 0.15) is 30.4 Å². The topological polar surface area (TPSA) is 65.8 Å². The molecule has 1 saturated heterocycles. The van der Waals surface area contributed by atoms with Gasteiger partial charge in [-0.25, -0.2) is 0 Å². The second kappa shape index (κ2) is 9.05. The van der Waals surface area contributed by atoms with Gasteiger partial charge in [0.25, 0.3) is 0 Å². The van der Waals surface area contributed by atoms with Gasteiger partial charge < -0.3 is 19.8 Å². The standard InChI is InChI=1S/C24H25F3N2O3/c25-24(26,27)18-5-7-19(8-6-18)32-22(30)9-12-29-13-10-23(31,11-14-29)21-16-28-15-17-3-1-2-4-20(17)21/h1-8,15-16,22,30-31H,9-14H2. The van der Waals surface area contributed by atoms with Gasteiger partial charge in [-0.2, -0.15) is 13.2 Å². The number of aromatic nitrogens is 1. The lowest BCUT2D eigenvalue weighted by Crippen LogP contribution is -2.43. The Morgan fingerprint density at radius 1 is 1.03 bits per heavy atom. The molecular formula is C24H25F3N2O3. The SMILES string of the molecule is OC(CCN1CCC(O)(c2cncc3ccccc23)CC1)Oc1ccc(C(F)(F)F)cc1. The predicted octanol–water partition coefficient (Wildman–Crippen LogP) is 4.32. The summed E-state index contributed by atoms with van der Waals surface area (Å²) in [6.45, 7) is 1.84. The highest BCUT2D eigenvalue weighted by molar-refractivity contribution is 5.85. The van der Waals surface area contributed by atoms with Crippen molar-refractivity contribution in [2.45, 2.75) is 37.3 Å². The van der Waals surface area contributed by atoms with Crippen molar-refractivity contribution in [3.63, 3.8) is 0 Å². The van der Waals surface area contributed by atoms with E-state index in [0.29, 0.717) is 38.9 Å². The van der Waals surface area contributed by atoms with Gasteiger partial charge in [0.05, 0.1) is 11.2 Å². The van der Waals surface area contributed by atoms with E-state index in [9.17, 15) is 23.4 Å². The number of rotatable bonds is 6. The molecule has 4 rings (SSSR count). The third-order valence-corrected chi connectivity index (χ3v) is 6.00.